The van der Waals surface area contributed by atoms with Gasteiger partial charge in [0.05, 0.1) is 11.7 Å². The van der Waals surface area contributed by atoms with E-state index in [1.807, 2.05) is 0 Å². The van der Waals surface area contributed by atoms with Crippen LogP contribution in [-0.4, -0.2) is 33.9 Å². The van der Waals surface area contributed by atoms with E-state index >= 15 is 0 Å². The van der Waals surface area contributed by atoms with E-state index in [0.29, 0.717) is 0 Å². The van der Waals surface area contributed by atoms with Crippen molar-refractivity contribution < 1.29 is 20.1 Å². The van der Waals surface area contributed by atoms with Crippen molar-refractivity contribution in [3.8, 4) is 0 Å². The van der Waals surface area contributed by atoms with Crippen molar-refractivity contribution in [3.63, 3.8) is 0 Å². The molecule has 1 aromatic rings. The highest BCUT2D eigenvalue weighted by Crippen LogP contribution is 2.27. The van der Waals surface area contributed by atoms with Gasteiger partial charge in [-0.25, -0.2) is 4.79 Å². The summed E-state index contributed by atoms with van der Waals surface area (Å²) < 4.78 is 0. The normalized spacial score (nSPS) is 14.4. The number of aliphatic hydroxyl groups is 2. The molecule has 0 aliphatic rings. The fraction of sp³-hybridized carbons (Fsp3) is 0.364. The number of aromatic carboxylic acids is 1. The maximum absolute atomic E-state index is 10.8. The lowest BCUT2D eigenvalue weighted by molar-refractivity contribution is 0.0150. The van der Waals surface area contributed by atoms with Crippen LogP contribution in [0.1, 0.15) is 28.4 Å². The third-order valence-electron chi connectivity index (χ3n) is 2.39. The van der Waals surface area contributed by atoms with Gasteiger partial charge in [-0.3, -0.25) is 0 Å². The second-order valence-electron chi connectivity index (χ2n) is 3.63. The highest BCUT2D eigenvalue weighted by atomic mass is 35.5. The minimum atomic E-state index is -1.25. The second-order valence-corrected chi connectivity index (χ2v) is 4.04. The maximum Gasteiger partial charge on any atom is 0.335 e. The fourth-order valence-corrected chi connectivity index (χ4v) is 1.67. The van der Waals surface area contributed by atoms with Gasteiger partial charge in [0, 0.05) is 10.6 Å². The summed E-state index contributed by atoms with van der Waals surface area (Å²) in [7, 11) is 0. The van der Waals surface area contributed by atoms with Gasteiger partial charge in [-0.2, -0.15) is 0 Å². The molecule has 0 heterocycles. The molecule has 0 fully saturated rings. The molecule has 0 radical (unpaired) electrons. The highest BCUT2D eigenvalue weighted by Gasteiger charge is 2.21. The van der Waals surface area contributed by atoms with Crippen LogP contribution >= 0.6 is 11.6 Å². The minimum Gasteiger partial charge on any atom is -0.478 e. The van der Waals surface area contributed by atoms with Crippen LogP contribution in [0.3, 0.4) is 0 Å². The summed E-state index contributed by atoms with van der Waals surface area (Å²) in [6.07, 6.45) is -2.11. The largest absolute Gasteiger partial charge is 0.478 e. The summed E-state index contributed by atoms with van der Waals surface area (Å²) in [5.74, 6) is -1.12. The second kappa shape index (κ2) is 5.97. The van der Waals surface area contributed by atoms with Crippen LogP contribution in [0.5, 0.6) is 0 Å². The number of halogens is 1. The Kier molecular flexibility index (Phi) is 4.89. The Labute approximate surface area is 103 Å². The predicted octanol–water partition coefficient (Wildman–Crippen LogP) is 0.781. The lowest BCUT2D eigenvalue weighted by Gasteiger charge is -2.18. The number of carbonyl (C=O) groups is 1. The quantitative estimate of drug-likeness (QED) is 0.626. The number of nitrogens with two attached hydrogens (primary N) is 1. The van der Waals surface area contributed by atoms with Gasteiger partial charge in [0.15, 0.2) is 0 Å². The van der Waals surface area contributed by atoms with Crippen LogP contribution in [-0.2, 0) is 0 Å². The minimum absolute atomic E-state index is 0.00315. The molecule has 0 aliphatic heterocycles. The molecule has 1 rings (SSSR count). The molecule has 0 saturated carbocycles. The van der Waals surface area contributed by atoms with Crippen LogP contribution in [0.4, 0.5) is 0 Å². The Morgan fingerprint density at radius 3 is 2.59 bits per heavy atom. The van der Waals surface area contributed by atoms with Crippen molar-refractivity contribution >= 4 is 17.6 Å². The first-order valence-electron chi connectivity index (χ1n) is 5.06. The molecule has 1 aromatic carbocycles. The summed E-state index contributed by atoms with van der Waals surface area (Å²) in [6, 6.07) is 3.95. The third-order valence-corrected chi connectivity index (χ3v) is 2.73. The predicted molar refractivity (Wildman–Crippen MR) is 63.0 cm³/mol. The van der Waals surface area contributed by atoms with E-state index in [-0.39, 0.29) is 29.1 Å². The summed E-state index contributed by atoms with van der Waals surface area (Å²) in [5.41, 5.74) is 5.45. The Morgan fingerprint density at radius 2 is 2.06 bits per heavy atom. The Morgan fingerprint density at radius 1 is 1.41 bits per heavy atom. The monoisotopic (exact) mass is 259 g/mol. The maximum atomic E-state index is 10.8. The van der Waals surface area contributed by atoms with Crippen LogP contribution in [0.2, 0.25) is 5.02 Å². The number of benzene rings is 1. The number of carboxylic acid groups (broad SMARTS) is 1. The zero-order chi connectivity index (χ0) is 13.0. The molecule has 6 heteroatoms. The molecule has 5 nitrogen and oxygen atoms in total. The summed E-state index contributed by atoms with van der Waals surface area (Å²) in [4.78, 5) is 10.8. The molecule has 0 saturated heterocycles. The van der Waals surface area contributed by atoms with Gasteiger partial charge in [-0.1, -0.05) is 11.6 Å². The molecule has 94 valence electrons. The van der Waals surface area contributed by atoms with E-state index in [9.17, 15) is 15.0 Å². The molecule has 0 bridgehead atoms. The summed E-state index contributed by atoms with van der Waals surface area (Å²) >= 11 is 5.84. The van der Waals surface area contributed by atoms with Gasteiger partial charge in [0.25, 0.3) is 0 Å². The zero-order valence-corrected chi connectivity index (χ0v) is 9.76. The number of rotatable bonds is 5. The van der Waals surface area contributed by atoms with Crippen molar-refractivity contribution in [2.45, 2.75) is 18.6 Å². The van der Waals surface area contributed by atoms with E-state index < -0.39 is 18.2 Å². The molecule has 0 amide bonds. The van der Waals surface area contributed by atoms with Gasteiger partial charge >= 0.3 is 5.97 Å². The molecule has 0 spiro atoms. The van der Waals surface area contributed by atoms with Gasteiger partial charge in [-0.05, 0) is 31.2 Å². The topological polar surface area (TPSA) is 104 Å². The molecule has 2 unspecified atom stereocenters. The number of hydrogen-bond donors (Lipinski definition) is 4. The smallest absolute Gasteiger partial charge is 0.335 e. The van der Waals surface area contributed by atoms with Gasteiger partial charge in [0.1, 0.15) is 6.10 Å². The van der Waals surface area contributed by atoms with E-state index in [0.717, 1.165) is 0 Å². The van der Waals surface area contributed by atoms with E-state index in [4.69, 9.17) is 22.4 Å². The zero-order valence-electron chi connectivity index (χ0n) is 9.01. The Hall–Kier alpha value is -1.14. The first-order valence-corrected chi connectivity index (χ1v) is 5.44. The molecule has 17 heavy (non-hydrogen) atoms. The van der Waals surface area contributed by atoms with E-state index in [1.165, 1.54) is 18.2 Å². The van der Waals surface area contributed by atoms with Gasteiger partial charge in [-0.15, -0.1) is 0 Å². The summed E-state index contributed by atoms with van der Waals surface area (Å²) in [5, 5.41) is 28.4. The third kappa shape index (κ3) is 3.41. The summed E-state index contributed by atoms with van der Waals surface area (Å²) in [6.45, 7) is 0.217. The van der Waals surface area contributed by atoms with E-state index in [2.05, 4.69) is 0 Å². The van der Waals surface area contributed by atoms with E-state index in [1.54, 1.807) is 0 Å². The number of carboxylic acids is 1. The Bertz CT molecular complexity index is 410. The first-order chi connectivity index (χ1) is 7.97. The molecular formula is C11H14ClNO4. The standard InChI is InChI=1S/C11H14ClNO4/c12-8-2-1-6(11(16)17)5-7(8)10(15)9(14)3-4-13/h1-2,5,9-10,14-15H,3-4,13H2,(H,16,17). The number of hydrogen-bond acceptors (Lipinski definition) is 4. The van der Waals surface area contributed by atoms with Crippen molar-refractivity contribution in [1.29, 1.82) is 0 Å². The van der Waals surface area contributed by atoms with Crippen LogP contribution in [0.25, 0.3) is 0 Å². The van der Waals surface area contributed by atoms with Crippen LogP contribution < -0.4 is 5.73 Å². The average Bonchev–Trinajstić information content (AvgIpc) is 2.28. The lowest BCUT2D eigenvalue weighted by Crippen LogP contribution is -2.22. The lowest BCUT2D eigenvalue weighted by atomic mass is 10.00. The first kappa shape index (κ1) is 13.9. The molecule has 0 aromatic heterocycles. The van der Waals surface area contributed by atoms with Crippen molar-refractivity contribution in [2.24, 2.45) is 5.73 Å². The van der Waals surface area contributed by atoms with Crippen LogP contribution in [0.15, 0.2) is 18.2 Å². The van der Waals surface area contributed by atoms with Crippen molar-refractivity contribution in [3.05, 3.63) is 34.3 Å². The van der Waals surface area contributed by atoms with Crippen molar-refractivity contribution in [2.75, 3.05) is 6.54 Å². The Balaban J connectivity index is 3.03. The highest BCUT2D eigenvalue weighted by molar-refractivity contribution is 6.31. The fourth-order valence-electron chi connectivity index (χ4n) is 1.44. The van der Waals surface area contributed by atoms with Gasteiger partial charge < -0.3 is 21.1 Å². The van der Waals surface area contributed by atoms with Gasteiger partial charge in [0.2, 0.25) is 0 Å². The molecule has 2 atom stereocenters. The SMILES string of the molecule is NCCC(O)C(O)c1cc(C(=O)O)ccc1Cl. The number of aliphatic hydroxyl groups excluding tert-OH is 2. The average molecular weight is 260 g/mol. The molecule has 5 N–H and O–H groups in total. The van der Waals surface area contributed by atoms with Crippen molar-refractivity contribution in [1.82, 2.24) is 0 Å². The molecular weight excluding hydrogens is 246 g/mol. The van der Waals surface area contributed by atoms with Crippen LogP contribution in [0, 0.1) is 0 Å². The molecule has 0 aliphatic carbocycles.